The lowest BCUT2D eigenvalue weighted by molar-refractivity contribution is -0.138. The number of hydrogen-bond acceptors (Lipinski definition) is 10. The molecule has 0 aliphatic carbocycles. The molecule has 0 aliphatic heterocycles. The number of carbonyl (C=O) groups is 6. The first-order valence-electron chi connectivity index (χ1n) is 19.2. The maximum Gasteiger partial charge on any atom is 0.417 e. The fourth-order valence-corrected chi connectivity index (χ4v) is 6.90. The smallest absolute Gasteiger partial charge is 0.324 e. The van der Waals surface area contributed by atoms with Crippen molar-refractivity contribution in [2.45, 2.75) is 52.1 Å². The number of nitrogens with zero attached hydrogens (tertiary/aromatic N) is 4. The molecule has 0 spiro atoms. The Bertz CT molecular complexity index is 2740. The van der Waals surface area contributed by atoms with Crippen molar-refractivity contribution in [1.82, 2.24) is 0 Å². The highest BCUT2D eigenvalue weighted by molar-refractivity contribution is 6.35. The molecule has 4 N–H and O–H groups in total. The number of rotatable bonds is 14. The van der Waals surface area contributed by atoms with E-state index < -0.39 is 80.8 Å². The first kappa shape index (κ1) is 52.2. The minimum absolute atomic E-state index is 0.0224. The molecule has 0 fully saturated rings. The molecule has 0 saturated carbocycles. The zero-order chi connectivity index (χ0) is 50.4. The molecular formula is C44H32Cl4F6N8O6. The number of benzene rings is 5. The summed E-state index contributed by atoms with van der Waals surface area (Å²) in [5.41, 5.74) is -1.57. The Kier molecular flexibility index (Phi) is 16.5. The van der Waals surface area contributed by atoms with Crippen LogP contribution in [0.2, 0.25) is 20.1 Å². The third-order valence-electron chi connectivity index (χ3n) is 9.39. The summed E-state index contributed by atoms with van der Waals surface area (Å²) >= 11 is 23.9. The number of alkyl halides is 6. The monoisotopic (exact) mass is 1020 g/mol. The number of aryl methyl sites for hydroxylation is 2. The minimum Gasteiger partial charge on any atom is -0.324 e. The summed E-state index contributed by atoms with van der Waals surface area (Å²) in [6.45, 7) is 5.31. The minimum atomic E-state index is -4.72. The molecule has 0 aliphatic rings. The first-order valence-corrected chi connectivity index (χ1v) is 20.8. The van der Waals surface area contributed by atoms with Gasteiger partial charge in [-0.3, -0.25) is 28.8 Å². The van der Waals surface area contributed by atoms with E-state index in [0.29, 0.717) is 23.3 Å². The summed E-state index contributed by atoms with van der Waals surface area (Å²) in [6.07, 6.45) is -9.43. The van der Waals surface area contributed by atoms with E-state index in [0.717, 1.165) is 38.1 Å². The van der Waals surface area contributed by atoms with Crippen LogP contribution in [0.25, 0.3) is 0 Å². The van der Waals surface area contributed by atoms with E-state index >= 15 is 0 Å². The Balaban J connectivity index is 1.25. The van der Waals surface area contributed by atoms with Gasteiger partial charge in [0.15, 0.2) is 11.6 Å². The molecule has 0 radical (unpaired) electrons. The number of amides is 4. The normalized spacial score (nSPS) is 12.7. The molecule has 0 saturated heterocycles. The maximum atomic E-state index is 13.4. The average Bonchev–Trinajstić information content (AvgIpc) is 3.22. The quantitative estimate of drug-likeness (QED) is 0.0484. The fourth-order valence-electron chi connectivity index (χ4n) is 5.91. The van der Waals surface area contributed by atoms with Gasteiger partial charge in [-0.1, -0.05) is 46.4 Å². The van der Waals surface area contributed by atoms with Crippen LogP contribution in [0.4, 0.5) is 60.5 Å². The van der Waals surface area contributed by atoms with Gasteiger partial charge in [-0.15, -0.1) is 0 Å². The van der Waals surface area contributed by atoms with Gasteiger partial charge in [0.25, 0.3) is 23.6 Å². The predicted octanol–water partition coefficient (Wildman–Crippen LogP) is 12.8. The Labute approximate surface area is 401 Å². The number of halogens is 10. The average molecular weight is 1020 g/mol. The lowest BCUT2D eigenvalue weighted by Crippen LogP contribution is -2.32. The van der Waals surface area contributed by atoms with Crippen molar-refractivity contribution < 1.29 is 55.1 Å². The number of Topliss-reactive ketones (excluding diaryl/α,β-unsaturated/α-hetero) is 2. The van der Waals surface area contributed by atoms with E-state index in [9.17, 15) is 55.1 Å². The Morgan fingerprint density at radius 1 is 0.485 bits per heavy atom. The van der Waals surface area contributed by atoms with E-state index in [1.807, 2.05) is 0 Å². The summed E-state index contributed by atoms with van der Waals surface area (Å²) in [5.74, 6) is -4.95. The lowest BCUT2D eigenvalue weighted by atomic mass is 10.1. The van der Waals surface area contributed by atoms with Gasteiger partial charge in [0.2, 0.25) is 12.1 Å². The Morgan fingerprint density at radius 3 is 1.15 bits per heavy atom. The number of nitrogens with one attached hydrogen (secondary N) is 4. The van der Waals surface area contributed by atoms with E-state index in [1.54, 1.807) is 13.8 Å². The van der Waals surface area contributed by atoms with Crippen LogP contribution in [0.5, 0.6) is 0 Å². The molecule has 0 aromatic heterocycles. The van der Waals surface area contributed by atoms with Crippen molar-refractivity contribution in [1.29, 1.82) is 0 Å². The highest BCUT2D eigenvalue weighted by atomic mass is 35.5. The van der Waals surface area contributed by atoms with Gasteiger partial charge >= 0.3 is 12.4 Å². The number of ketones is 2. The zero-order valence-corrected chi connectivity index (χ0v) is 38.3. The standard InChI is InChI=1S/C44H32Cl4F6N8O6/c1-19-13-36(58-42(68)38(22(4)64)62-60-26-8-12-32(46)28(16-26)40(66)56-24-6-10-30(34(48)18-24)44(52,53)54)20(2)14-35(19)57-41(67)37(21(3)63)61-59-25-7-11-31(45)27(15-25)39(65)55-23-5-9-29(33(47)17-23)43(49,50)51/h5-18,37-38H,1-4H3,(H,55,65)(H,56,66)(H,57,67)(H,58,68). The molecule has 354 valence electrons. The lowest BCUT2D eigenvalue weighted by Gasteiger charge is -2.16. The number of azo groups is 2. The molecule has 4 amide bonds. The van der Waals surface area contributed by atoms with Crippen LogP contribution in [0.1, 0.15) is 56.8 Å². The molecule has 2 unspecified atom stereocenters. The molecule has 5 rings (SSSR count). The van der Waals surface area contributed by atoms with Gasteiger partial charge in [-0.2, -0.15) is 46.8 Å². The highest BCUT2D eigenvalue weighted by Gasteiger charge is 2.34. The molecule has 5 aromatic carbocycles. The van der Waals surface area contributed by atoms with E-state index in [4.69, 9.17) is 46.4 Å². The van der Waals surface area contributed by atoms with Gasteiger partial charge < -0.3 is 21.3 Å². The van der Waals surface area contributed by atoms with Crippen LogP contribution < -0.4 is 21.3 Å². The van der Waals surface area contributed by atoms with Crippen molar-refractivity contribution in [2.75, 3.05) is 21.3 Å². The van der Waals surface area contributed by atoms with Gasteiger partial charge in [-0.05, 0) is 124 Å². The van der Waals surface area contributed by atoms with Crippen LogP contribution in [0.15, 0.2) is 105 Å². The van der Waals surface area contributed by atoms with Crippen LogP contribution in [0, 0.1) is 13.8 Å². The first-order chi connectivity index (χ1) is 31.7. The second kappa shape index (κ2) is 21.5. The summed E-state index contributed by atoms with van der Waals surface area (Å²) in [4.78, 5) is 77.9. The summed E-state index contributed by atoms with van der Waals surface area (Å²) in [7, 11) is 0. The van der Waals surface area contributed by atoms with Crippen molar-refractivity contribution in [3.63, 3.8) is 0 Å². The van der Waals surface area contributed by atoms with Gasteiger partial charge in [0.05, 0.1) is 53.7 Å². The van der Waals surface area contributed by atoms with Gasteiger partial charge in [0.1, 0.15) is 0 Å². The topological polar surface area (TPSA) is 200 Å². The Morgan fingerprint density at radius 2 is 0.838 bits per heavy atom. The zero-order valence-electron chi connectivity index (χ0n) is 35.3. The highest BCUT2D eigenvalue weighted by Crippen LogP contribution is 2.38. The number of anilines is 4. The molecule has 14 nitrogen and oxygen atoms in total. The molecule has 24 heteroatoms. The van der Waals surface area contributed by atoms with Gasteiger partial charge in [0, 0.05) is 22.7 Å². The van der Waals surface area contributed by atoms with E-state index in [1.165, 1.54) is 48.5 Å². The van der Waals surface area contributed by atoms with Crippen LogP contribution in [-0.4, -0.2) is 47.3 Å². The molecule has 5 aromatic rings. The molecule has 0 bridgehead atoms. The fraction of sp³-hybridized carbons (Fsp3) is 0.182. The van der Waals surface area contributed by atoms with E-state index in [-0.39, 0.29) is 55.3 Å². The van der Waals surface area contributed by atoms with Gasteiger partial charge in [-0.25, -0.2) is 0 Å². The van der Waals surface area contributed by atoms with Crippen molar-refractivity contribution in [3.05, 3.63) is 138 Å². The number of carbonyl (C=O) groups excluding carboxylic acids is 6. The van der Waals surface area contributed by atoms with Crippen LogP contribution >= 0.6 is 46.4 Å². The number of hydrogen-bond donors (Lipinski definition) is 4. The second-order valence-corrected chi connectivity index (χ2v) is 16.2. The van der Waals surface area contributed by atoms with Crippen molar-refractivity contribution in [2.24, 2.45) is 20.5 Å². The molecule has 68 heavy (non-hydrogen) atoms. The van der Waals surface area contributed by atoms with Crippen LogP contribution in [-0.2, 0) is 31.5 Å². The van der Waals surface area contributed by atoms with Crippen LogP contribution in [0.3, 0.4) is 0 Å². The predicted molar refractivity (Wildman–Crippen MR) is 243 cm³/mol. The van der Waals surface area contributed by atoms with Crippen molar-refractivity contribution in [3.8, 4) is 0 Å². The Hall–Kier alpha value is -6.74. The molecular weight excluding hydrogens is 992 g/mol. The largest absolute Gasteiger partial charge is 0.417 e. The molecule has 0 heterocycles. The second-order valence-electron chi connectivity index (χ2n) is 14.5. The molecule has 2 atom stereocenters. The summed E-state index contributed by atoms with van der Waals surface area (Å²) < 4.78 is 78.7. The summed E-state index contributed by atoms with van der Waals surface area (Å²) in [6, 6.07) is 12.3. The summed E-state index contributed by atoms with van der Waals surface area (Å²) in [5, 5.41) is 24.1. The van der Waals surface area contributed by atoms with Crippen molar-refractivity contribution >= 4 is 116 Å². The van der Waals surface area contributed by atoms with E-state index in [2.05, 4.69) is 41.7 Å². The third kappa shape index (κ3) is 13.2. The maximum absolute atomic E-state index is 13.4. The SMILES string of the molecule is CC(=O)C(N=Nc1ccc(Cl)c(C(=O)Nc2ccc(C(F)(F)F)c(Cl)c2)c1)C(=O)Nc1cc(C)c(NC(=O)C(N=Nc2ccc(Cl)c(C(=O)Nc3ccc(C(F)(F)F)c(Cl)c3)c2)C(C)=O)cc1C. The third-order valence-corrected chi connectivity index (χ3v) is 10.7.